The minimum atomic E-state index is 0.0427. The van der Waals surface area contributed by atoms with Gasteiger partial charge in [-0.05, 0) is 36.4 Å². The van der Waals surface area contributed by atoms with Gasteiger partial charge in [-0.1, -0.05) is 13.8 Å². The number of ketones is 1. The lowest BCUT2D eigenvalue weighted by Crippen LogP contribution is -2.23. The maximum atomic E-state index is 12.2. The van der Waals surface area contributed by atoms with Crippen molar-refractivity contribution in [3.63, 3.8) is 0 Å². The van der Waals surface area contributed by atoms with Gasteiger partial charge >= 0.3 is 0 Å². The van der Waals surface area contributed by atoms with Crippen molar-refractivity contribution in [2.45, 2.75) is 26.8 Å². The average Bonchev–Trinajstić information content (AvgIpc) is 2.65. The number of likely N-dealkylation sites (N-methyl/N-ethyl adjacent to an activating group) is 1. The topological polar surface area (TPSA) is 38.1 Å². The van der Waals surface area contributed by atoms with Crippen LogP contribution in [0.4, 0.5) is 0 Å². The Hall–Kier alpha value is -0.680. The van der Waals surface area contributed by atoms with Crippen molar-refractivity contribution in [3.05, 3.63) is 16.4 Å². The first kappa shape index (κ1) is 14.4. The predicted octanol–water partition coefficient (Wildman–Crippen LogP) is 2.44. The number of halogens is 1. The van der Waals surface area contributed by atoms with Gasteiger partial charge in [0.2, 0.25) is 0 Å². The van der Waals surface area contributed by atoms with Crippen molar-refractivity contribution in [2.75, 3.05) is 20.6 Å². The van der Waals surface area contributed by atoms with Crippen LogP contribution in [0.2, 0.25) is 0 Å². The second-order valence-corrected chi connectivity index (χ2v) is 5.40. The molecule has 0 saturated carbocycles. The summed E-state index contributed by atoms with van der Waals surface area (Å²) in [5.74, 6) is 0.205. The highest BCUT2D eigenvalue weighted by atomic mass is 79.9. The molecule has 1 unspecified atom stereocenters. The Bertz CT molecular complexity index is 387. The van der Waals surface area contributed by atoms with Crippen LogP contribution >= 0.6 is 15.9 Å². The predicted molar refractivity (Wildman–Crippen MR) is 72.3 cm³/mol. The van der Waals surface area contributed by atoms with Crippen molar-refractivity contribution in [1.82, 2.24) is 14.7 Å². The molecule has 0 aliphatic heterocycles. The number of aromatic nitrogens is 2. The molecule has 0 radical (unpaired) electrons. The van der Waals surface area contributed by atoms with Gasteiger partial charge in [0.1, 0.15) is 5.69 Å². The fourth-order valence-corrected chi connectivity index (χ4v) is 1.98. The summed E-state index contributed by atoms with van der Waals surface area (Å²) in [6.07, 6.45) is 2.55. The van der Waals surface area contributed by atoms with Crippen molar-refractivity contribution in [2.24, 2.45) is 5.92 Å². The van der Waals surface area contributed by atoms with Crippen LogP contribution in [-0.4, -0.2) is 41.1 Å². The van der Waals surface area contributed by atoms with Crippen molar-refractivity contribution in [3.8, 4) is 0 Å². The largest absolute Gasteiger partial charge is 0.308 e. The second kappa shape index (κ2) is 6.31. The lowest BCUT2D eigenvalue weighted by molar-refractivity contribution is 0.0914. The highest BCUT2D eigenvalue weighted by Gasteiger charge is 2.21. The van der Waals surface area contributed by atoms with Crippen LogP contribution in [-0.2, 0) is 6.54 Å². The first-order valence-electron chi connectivity index (χ1n) is 5.87. The van der Waals surface area contributed by atoms with Gasteiger partial charge in [0, 0.05) is 12.5 Å². The van der Waals surface area contributed by atoms with Gasteiger partial charge in [-0.3, -0.25) is 9.48 Å². The summed E-state index contributed by atoms with van der Waals surface area (Å²) in [5.41, 5.74) is 0.696. The van der Waals surface area contributed by atoms with E-state index in [0.717, 1.165) is 24.0 Å². The average molecular weight is 302 g/mol. The second-order valence-electron chi connectivity index (χ2n) is 4.54. The molecular weight excluding hydrogens is 282 g/mol. The van der Waals surface area contributed by atoms with E-state index >= 15 is 0 Å². The number of hydrogen-bond donors (Lipinski definition) is 0. The molecule has 17 heavy (non-hydrogen) atoms. The van der Waals surface area contributed by atoms with Crippen molar-refractivity contribution >= 4 is 21.7 Å². The summed E-state index contributed by atoms with van der Waals surface area (Å²) in [6.45, 7) is 5.58. The number of rotatable bonds is 6. The quantitative estimate of drug-likeness (QED) is 0.758. The van der Waals surface area contributed by atoms with Crippen molar-refractivity contribution in [1.29, 1.82) is 0 Å². The van der Waals surface area contributed by atoms with Crippen molar-refractivity contribution < 1.29 is 4.79 Å². The molecular formula is C12H20BrN3O. The first-order valence-corrected chi connectivity index (χ1v) is 6.66. The van der Waals surface area contributed by atoms with E-state index in [1.54, 1.807) is 10.9 Å². The Morgan fingerprint density at radius 2 is 2.24 bits per heavy atom. The monoisotopic (exact) mass is 301 g/mol. The van der Waals surface area contributed by atoms with Crippen LogP contribution in [0.15, 0.2) is 10.7 Å². The van der Waals surface area contributed by atoms with E-state index in [-0.39, 0.29) is 11.7 Å². The van der Waals surface area contributed by atoms with Crippen LogP contribution in [0.25, 0.3) is 0 Å². The first-order chi connectivity index (χ1) is 7.97. The molecule has 96 valence electrons. The molecule has 0 aromatic carbocycles. The lowest BCUT2D eigenvalue weighted by Gasteiger charge is -2.13. The van der Waals surface area contributed by atoms with Gasteiger partial charge in [0.25, 0.3) is 0 Å². The number of Topliss-reactive ketones (excluding diaryl/α,β-unsaturated/α-hetero) is 1. The van der Waals surface area contributed by atoms with Gasteiger partial charge in [-0.25, -0.2) is 0 Å². The molecule has 4 nitrogen and oxygen atoms in total. The molecule has 0 amide bonds. The molecule has 1 rings (SSSR count). The smallest absolute Gasteiger partial charge is 0.184 e. The van der Waals surface area contributed by atoms with E-state index in [9.17, 15) is 4.79 Å². The number of carbonyl (C=O) groups is 1. The van der Waals surface area contributed by atoms with Crippen LogP contribution in [0.1, 0.15) is 30.8 Å². The maximum absolute atomic E-state index is 12.2. The summed E-state index contributed by atoms with van der Waals surface area (Å²) in [4.78, 5) is 14.3. The van der Waals surface area contributed by atoms with Gasteiger partial charge in [-0.2, -0.15) is 5.10 Å². The molecule has 0 aliphatic carbocycles. The van der Waals surface area contributed by atoms with Crippen LogP contribution in [0.5, 0.6) is 0 Å². The highest BCUT2D eigenvalue weighted by Crippen LogP contribution is 2.21. The van der Waals surface area contributed by atoms with E-state index in [1.165, 1.54) is 0 Å². The van der Waals surface area contributed by atoms with Crippen LogP contribution in [0, 0.1) is 5.92 Å². The molecule has 1 aromatic heterocycles. The molecule has 0 bridgehead atoms. The zero-order valence-electron chi connectivity index (χ0n) is 10.9. The summed E-state index contributed by atoms with van der Waals surface area (Å²) < 4.78 is 2.58. The third-order valence-electron chi connectivity index (χ3n) is 2.85. The Balaban J connectivity index is 2.90. The summed E-state index contributed by atoms with van der Waals surface area (Å²) in [5, 5.41) is 4.25. The molecule has 1 atom stereocenters. The molecule has 0 fully saturated rings. The van der Waals surface area contributed by atoms with Gasteiger partial charge in [0.15, 0.2) is 5.78 Å². The van der Waals surface area contributed by atoms with E-state index in [2.05, 4.69) is 25.9 Å². The summed E-state index contributed by atoms with van der Waals surface area (Å²) in [6, 6.07) is 0. The van der Waals surface area contributed by atoms with Gasteiger partial charge < -0.3 is 4.90 Å². The molecule has 0 aliphatic rings. The SMILES string of the molecule is CCC(C)C(=O)c1c(Br)cnn1CCN(C)C. The number of hydrogen-bond acceptors (Lipinski definition) is 3. The zero-order chi connectivity index (χ0) is 13.0. The molecule has 0 N–H and O–H groups in total. The number of carbonyl (C=O) groups excluding carboxylic acids is 1. The molecule has 1 aromatic rings. The Morgan fingerprint density at radius 3 is 2.76 bits per heavy atom. The van der Waals surface area contributed by atoms with Gasteiger partial charge in [0.05, 0.1) is 17.2 Å². The minimum Gasteiger partial charge on any atom is -0.308 e. The molecule has 5 heteroatoms. The number of nitrogens with zero attached hydrogens (tertiary/aromatic N) is 3. The van der Waals surface area contributed by atoms with Gasteiger partial charge in [-0.15, -0.1) is 0 Å². The third-order valence-corrected chi connectivity index (χ3v) is 3.43. The summed E-state index contributed by atoms with van der Waals surface area (Å²) in [7, 11) is 4.02. The molecule has 0 saturated heterocycles. The van der Waals surface area contributed by atoms with E-state index in [4.69, 9.17) is 0 Å². The lowest BCUT2D eigenvalue weighted by atomic mass is 10.0. The third kappa shape index (κ3) is 3.64. The Kier molecular flexibility index (Phi) is 5.33. The van der Waals surface area contributed by atoms with Crippen LogP contribution < -0.4 is 0 Å². The minimum absolute atomic E-state index is 0.0427. The fraction of sp³-hybridized carbons (Fsp3) is 0.667. The van der Waals surface area contributed by atoms with E-state index in [1.807, 2.05) is 27.9 Å². The molecule has 1 heterocycles. The van der Waals surface area contributed by atoms with Crippen LogP contribution in [0.3, 0.4) is 0 Å². The summed E-state index contributed by atoms with van der Waals surface area (Å²) >= 11 is 3.40. The standard InChI is InChI=1S/C12H20BrN3O/c1-5-9(2)12(17)11-10(13)8-14-16(11)7-6-15(3)4/h8-9H,5-7H2,1-4H3. The maximum Gasteiger partial charge on any atom is 0.184 e. The fourth-order valence-electron chi connectivity index (χ4n) is 1.49. The zero-order valence-corrected chi connectivity index (χ0v) is 12.5. The van der Waals surface area contributed by atoms with E-state index in [0.29, 0.717) is 5.69 Å². The Labute approximate surface area is 111 Å². The molecule has 0 spiro atoms. The normalized spacial score (nSPS) is 13.1. The Morgan fingerprint density at radius 1 is 1.59 bits per heavy atom. The highest BCUT2D eigenvalue weighted by molar-refractivity contribution is 9.10. The van der Waals surface area contributed by atoms with E-state index < -0.39 is 0 Å².